The molecule has 0 aromatic heterocycles. The normalized spacial score (nSPS) is 31.6. The van der Waals surface area contributed by atoms with Crippen LogP contribution in [0.5, 0.6) is 0 Å². The Morgan fingerprint density at radius 1 is 1.25 bits per heavy atom. The number of azo groups is 1. The highest BCUT2D eigenvalue weighted by atomic mass is 16.6. The maximum Gasteiger partial charge on any atom is 0.349 e. The van der Waals surface area contributed by atoms with Gasteiger partial charge in [0.15, 0.2) is 0 Å². The molecule has 80 valence electrons. The molecule has 0 spiro atoms. The van der Waals surface area contributed by atoms with Crippen molar-refractivity contribution in [2.75, 3.05) is 6.54 Å². The Bertz CT molecular complexity index is 497. The standard InChI is InChI=1S/C11H8N2O3/c14-9-8-6-12-13-11(8,10(15)16-9)7-4-2-1-3-5-7/h1-5,8H,6H2. The molecular weight excluding hydrogens is 208 g/mol. The summed E-state index contributed by atoms with van der Waals surface area (Å²) < 4.78 is 4.65. The summed E-state index contributed by atoms with van der Waals surface area (Å²) in [5, 5.41) is 7.78. The zero-order chi connectivity index (χ0) is 11.2. The van der Waals surface area contributed by atoms with Crippen LogP contribution in [-0.4, -0.2) is 18.5 Å². The van der Waals surface area contributed by atoms with Crippen LogP contribution in [0.2, 0.25) is 0 Å². The third-order valence-electron chi connectivity index (χ3n) is 3.00. The fourth-order valence-electron chi connectivity index (χ4n) is 2.17. The third-order valence-corrected chi connectivity index (χ3v) is 3.00. The minimum absolute atomic E-state index is 0.222. The van der Waals surface area contributed by atoms with E-state index >= 15 is 0 Å². The number of rotatable bonds is 1. The Morgan fingerprint density at radius 3 is 2.75 bits per heavy atom. The first-order chi connectivity index (χ1) is 7.75. The second kappa shape index (κ2) is 2.98. The van der Waals surface area contributed by atoms with Gasteiger partial charge in [-0.3, -0.25) is 4.79 Å². The molecule has 1 saturated heterocycles. The van der Waals surface area contributed by atoms with E-state index in [0.717, 1.165) is 0 Å². The Labute approximate surface area is 91.1 Å². The Morgan fingerprint density at radius 2 is 2.00 bits per heavy atom. The van der Waals surface area contributed by atoms with E-state index in [1.54, 1.807) is 24.3 Å². The number of hydrogen-bond donors (Lipinski definition) is 0. The van der Waals surface area contributed by atoms with Gasteiger partial charge in [-0.05, 0) is 5.56 Å². The van der Waals surface area contributed by atoms with E-state index in [1.807, 2.05) is 6.07 Å². The fourth-order valence-corrected chi connectivity index (χ4v) is 2.17. The summed E-state index contributed by atoms with van der Waals surface area (Å²) in [6.07, 6.45) is 0. The number of benzene rings is 1. The molecule has 0 bridgehead atoms. The van der Waals surface area contributed by atoms with Crippen molar-refractivity contribution in [1.82, 2.24) is 0 Å². The minimum Gasteiger partial charge on any atom is -0.391 e. The van der Waals surface area contributed by atoms with Gasteiger partial charge in [-0.1, -0.05) is 30.3 Å². The van der Waals surface area contributed by atoms with Crippen LogP contribution in [0, 0.1) is 5.92 Å². The first kappa shape index (κ1) is 9.21. The average Bonchev–Trinajstić information content (AvgIpc) is 2.83. The van der Waals surface area contributed by atoms with Crippen LogP contribution < -0.4 is 0 Å². The summed E-state index contributed by atoms with van der Waals surface area (Å²) in [7, 11) is 0. The zero-order valence-electron chi connectivity index (χ0n) is 8.29. The van der Waals surface area contributed by atoms with Crippen molar-refractivity contribution in [3.63, 3.8) is 0 Å². The van der Waals surface area contributed by atoms with E-state index in [1.165, 1.54) is 0 Å². The molecule has 1 aromatic carbocycles. The Kier molecular flexibility index (Phi) is 1.71. The lowest BCUT2D eigenvalue weighted by molar-refractivity contribution is -0.154. The van der Waals surface area contributed by atoms with Gasteiger partial charge < -0.3 is 4.74 Å². The second-order valence-electron chi connectivity index (χ2n) is 3.82. The molecular formula is C11H8N2O3. The maximum absolute atomic E-state index is 11.8. The van der Waals surface area contributed by atoms with E-state index in [4.69, 9.17) is 0 Å². The molecule has 2 atom stereocenters. The van der Waals surface area contributed by atoms with Crippen molar-refractivity contribution in [3.05, 3.63) is 35.9 Å². The van der Waals surface area contributed by atoms with Crippen LogP contribution in [0.4, 0.5) is 0 Å². The molecule has 2 heterocycles. The number of fused-ring (bicyclic) bond motifs is 1. The molecule has 16 heavy (non-hydrogen) atoms. The quantitative estimate of drug-likeness (QED) is 0.520. The topological polar surface area (TPSA) is 68.1 Å². The predicted molar refractivity (Wildman–Crippen MR) is 52.4 cm³/mol. The lowest BCUT2D eigenvalue weighted by atomic mass is 9.81. The molecule has 2 unspecified atom stereocenters. The maximum atomic E-state index is 11.8. The minimum atomic E-state index is -1.22. The molecule has 1 aromatic rings. The van der Waals surface area contributed by atoms with Gasteiger partial charge in [0, 0.05) is 0 Å². The number of carbonyl (C=O) groups is 2. The van der Waals surface area contributed by atoms with Gasteiger partial charge in [0.05, 0.1) is 6.54 Å². The lowest BCUT2D eigenvalue weighted by Crippen LogP contribution is -2.34. The Hall–Kier alpha value is -2.04. The molecule has 5 heteroatoms. The SMILES string of the molecule is O=C1OC(=O)C2(c3ccccc3)N=NCC12. The molecule has 0 amide bonds. The molecule has 1 fully saturated rings. The molecule has 0 saturated carbocycles. The van der Waals surface area contributed by atoms with Crippen LogP contribution in [0.25, 0.3) is 0 Å². The van der Waals surface area contributed by atoms with Crippen molar-refractivity contribution in [2.24, 2.45) is 16.1 Å². The highest BCUT2D eigenvalue weighted by Crippen LogP contribution is 2.44. The van der Waals surface area contributed by atoms with Crippen molar-refractivity contribution in [1.29, 1.82) is 0 Å². The van der Waals surface area contributed by atoms with Crippen LogP contribution in [0.3, 0.4) is 0 Å². The van der Waals surface area contributed by atoms with Gasteiger partial charge >= 0.3 is 11.9 Å². The number of ether oxygens (including phenoxy) is 1. The fraction of sp³-hybridized carbons (Fsp3) is 0.273. The van der Waals surface area contributed by atoms with Crippen molar-refractivity contribution in [3.8, 4) is 0 Å². The van der Waals surface area contributed by atoms with E-state index in [-0.39, 0.29) is 6.54 Å². The van der Waals surface area contributed by atoms with E-state index in [2.05, 4.69) is 15.0 Å². The van der Waals surface area contributed by atoms with Gasteiger partial charge in [-0.2, -0.15) is 10.2 Å². The monoisotopic (exact) mass is 216 g/mol. The number of nitrogens with zero attached hydrogens (tertiary/aromatic N) is 2. The number of hydrogen-bond acceptors (Lipinski definition) is 5. The molecule has 0 N–H and O–H groups in total. The summed E-state index contributed by atoms with van der Waals surface area (Å²) >= 11 is 0. The first-order valence-electron chi connectivity index (χ1n) is 4.95. The lowest BCUT2D eigenvalue weighted by Gasteiger charge is -2.18. The molecule has 0 aliphatic carbocycles. The number of esters is 2. The van der Waals surface area contributed by atoms with E-state index in [9.17, 15) is 9.59 Å². The van der Waals surface area contributed by atoms with Crippen molar-refractivity contribution in [2.45, 2.75) is 5.54 Å². The largest absolute Gasteiger partial charge is 0.391 e. The highest BCUT2D eigenvalue weighted by molar-refractivity contribution is 6.03. The van der Waals surface area contributed by atoms with Gasteiger partial charge in [0.1, 0.15) is 5.92 Å². The van der Waals surface area contributed by atoms with Crippen LogP contribution in [0.15, 0.2) is 40.6 Å². The van der Waals surface area contributed by atoms with E-state index in [0.29, 0.717) is 5.56 Å². The zero-order valence-corrected chi connectivity index (χ0v) is 8.29. The van der Waals surface area contributed by atoms with Gasteiger partial charge in [0.25, 0.3) is 0 Å². The molecule has 2 aliphatic rings. The molecule has 2 aliphatic heterocycles. The number of carbonyl (C=O) groups excluding carboxylic acids is 2. The number of cyclic esters (lactones) is 2. The van der Waals surface area contributed by atoms with Crippen LogP contribution in [-0.2, 0) is 19.9 Å². The van der Waals surface area contributed by atoms with Crippen molar-refractivity contribution < 1.29 is 14.3 Å². The van der Waals surface area contributed by atoms with Crippen molar-refractivity contribution >= 4 is 11.9 Å². The van der Waals surface area contributed by atoms with E-state index < -0.39 is 23.4 Å². The summed E-state index contributed by atoms with van der Waals surface area (Å²) in [5.41, 5.74) is -0.560. The second-order valence-corrected chi connectivity index (χ2v) is 3.82. The van der Waals surface area contributed by atoms with Gasteiger partial charge in [-0.25, -0.2) is 4.79 Å². The molecule has 0 radical (unpaired) electrons. The molecule has 5 nitrogen and oxygen atoms in total. The van der Waals surface area contributed by atoms with Crippen LogP contribution in [0.1, 0.15) is 5.56 Å². The average molecular weight is 216 g/mol. The summed E-state index contributed by atoms with van der Waals surface area (Å²) in [6, 6.07) is 8.95. The van der Waals surface area contributed by atoms with Gasteiger partial charge in [-0.15, -0.1) is 0 Å². The Balaban J connectivity index is 2.19. The predicted octanol–water partition coefficient (Wildman–Crippen LogP) is 1.05. The van der Waals surface area contributed by atoms with Crippen LogP contribution >= 0.6 is 0 Å². The highest BCUT2D eigenvalue weighted by Gasteiger charge is 2.62. The first-order valence-corrected chi connectivity index (χ1v) is 4.95. The summed E-state index contributed by atoms with van der Waals surface area (Å²) in [5.74, 6) is -1.74. The molecule has 3 rings (SSSR count). The smallest absolute Gasteiger partial charge is 0.349 e. The summed E-state index contributed by atoms with van der Waals surface area (Å²) in [6.45, 7) is 0.222. The van der Waals surface area contributed by atoms with Gasteiger partial charge in [0.2, 0.25) is 5.54 Å². The third kappa shape index (κ3) is 0.946. The summed E-state index contributed by atoms with van der Waals surface area (Å²) in [4.78, 5) is 23.3.